The highest BCUT2D eigenvalue weighted by Gasteiger charge is 2.13. The third kappa shape index (κ3) is 2.22. The lowest BCUT2D eigenvalue weighted by atomic mass is 9.95. The molecule has 2 nitrogen and oxygen atoms in total. The topological polar surface area (TPSA) is 37.3 Å². The predicted molar refractivity (Wildman–Crippen MR) is 79.7 cm³/mol. The van der Waals surface area contributed by atoms with Crippen LogP contribution in [0.25, 0.3) is 10.8 Å². The maximum absolute atomic E-state index is 12.6. The Morgan fingerprint density at radius 3 is 2.35 bits per heavy atom. The number of aliphatic hydroxyl groups excluding tert-OH is 1. The maximum Gasteiger partial charge on any atom is 0.193 e. The average molecular weight is 262 g/mol. The zero-order valence-corrected chi connectivity index (χ0v) is 10.9. The number of aliphatic hydroxyl groups is 1. The minimum Gasteiger partial charge on any atom is -0.392 e. The molecular weight excluding hydrogens is 248 g/mol. The molecule has 2 heteroatoms. The second-order valence-electron chi connectivity index (χ2n) is 4.72. The van der Waals surface area contributed by atoms with Crippen molar-refractivity contribution in [2.45, 2.75) is 6.61 Å². The number of fused-ring (bicyclic) bond motifs is 1. The van der Waals surface area contributed by atoms with Crippen LogP contribution in [0.5, 0.6) is 0 Å². The van der Waals surface area contributed by atoms with Crippen LogP contribution in [0, 0.1) is 0 Å². The van der Waals surface area contributed by atoms with Crippen molar-refractivity contribution < 1.29 is 9.90 Å². The van der Waals surface area contributed by atoms with Gasteiger partial charge >= 0.3 is 0 Å². The molecule has 0 aromatic heterocycles. The molecule has 0 aliphatic heterocycles. The van der Waals surface area contributed by atoms with Gasteiger partial charge in [-0.25, -0.2) is 0 Å². The molecule has 0 aliphatic rings. The van der Waals surface area contributed by atoms with E-state index >= 15 is 0 Å². The van der Waals surface area contributed by atoms with Gasteiger partial charge in [-0.05, 0) is 28.5 Å². The van der Waals surface area contributed by atoms with Crippen LogP contribution in [0.2, 0.25) is 0 Å². The van der Waals surface area contributed by atoms with E-state index in [-0.39, 0.29) is 12.4 Å². The molecule has 0 amide bonds. The molecule has 0 saturated heterocycles. The van der Waals surface area contributed by atoms with E-state index in [2.05, 4.69) is 0 Å². The van der Waals surface area contributed by atoms with Crippen LogP contribution < -0.4 is 0 Å². The van der Waals surface area contributed by atoms with Gasteiger partial charge in [0.05, 0.1) is 6.61 Å². The highest BCUT2D eigenvalue weighted by Crippen LogP contribution is 2.23. The summed E-state index contributed by atoms with van der Waals surface area (Å²) >= 11 is 0. The molecule has 0 spiro atoms. The first-order valence-corrected chi connectivity index (χ1v) is 6.52. The molecule has 0 fully saturated rings. The summed E-state index contributed by atoms with van der Waals surface area (Å²) in [6, 6.07) is 20.6. The maximum atomic E-state index is 12.6. The summed E-state index contributed by atoms with van der Waals surface area (Å²) in [6.07, 6.45) is 0. The van der Waals surface area contributed by atoms with Crippen molar-refractivity contribution in [2.75, 3.05) is 0 Å². The lowest BCUT2D eigenvalue weighted by Gasteiger charge is -2.08. The largest absolute Gasteiger partial charge is 0.392 e. The zero-order valence-electron chi connectivity index (χ0n) is 10.9. The molecule has 0 unspecified atom stereocenters. The second kappa shape index (κ2) is 5.27. The van der Waals surface area contributed by atoms with Crippen LogP contribution in [0.15, 0.2) is 66.7 Å². The standard InChI is InChI=1S/C18H14O2/c19-12-13-10-15-8-4-5-9-16(15)17(11-13)18(20)14-6-2-1-3-7-14/h1-11,19H,12H2. The van der Waals surface area contributed by atoms with Gasteiger partial charge < -0.3 is 5.11 Å². The summed E-state index contributed by atoms with van der Waals surface area (Å²) in [5, 5.41) is 11.2. The number of rotatable bonds is 3. The molecule has 3 aromatic carbocycles. The number of ketones is 1. The first-order chi connectivity index (χ1) is 9.79. The van der Waals surface area contributed by atoms with E-state index in [0.29, 0.717) is 11.1 Å². The van der Waals surface area contributed by atoms with E-state index in [1.54, 1.807) is 6.07 Å². The van der Waals surface area contributed by atoms with Crippen LogP contribution in [0.3, 0.4) is 0 Å². The summed E-state index contributed by atoms with van der Waals surface area (Å²) in [7, 11) is 0. The van der Waals surface area contributed by atoms with Crippen LogP contribution in [-0.2, 0) is 6.61 Å². The Kier molecular flexibility index (Phi) is 3.32. The highest BCUT2D eigenvalue weighted by molar-refractivity contribution is 6.16. The molecule has 0 saturated carbocycles. The normalized spacial score (nSPS) is 10.7. The summed E-state index contributed by atoms with van der Waals surface area (Å²) < 4.78 is 0. The predicted octanol–water partition coefficient (Wildman–Crippen LogP) is 3.56. The molecule has 1 N–H and O–H groups in total. The van der Waals surface area contributed by atoms with Crippen LogP contribution in [0.4, 0.5) is 0 Å². The smallest absolute Gasteiger partial charge is 0.193 e. The van der Waals surface area contributed by atoms with Crippen LogP contribution in [-0.4, -0.2) is 10.9 Å². The average Bonchev–Trinajstić information content (AvgIpc) is 2.54. The Morgan fingerprint density at radius 2 is 1.60 bits per heavy atom. The Labute approximate surface area is 117 Å². The first-order valence-electron chi connectivity index (χ1n) is 6.52. The van der Waals surface area contributed by atoms with Crippen molar-refractivity contribution in [3.05, 3.63) is 83.4 Å². The van der Waals surface area contributed by atoms with Crippen LogP contribution >= 0.6 is 0 Å². The molecule has 3 rings (SSSR count). The molecule has 0 heterocycles. The zero-order chi connectivity index (χ0) is 13.9. The SMILES string of the molecule is O=C(c1ccccc1)c1cc(CO)cc2ccccc12. The van der Waals surface area contributed by atoms with Crippen molar-refractivity contribution in [1.82, 2.24) is 0 Å². The molecule has 98 valence electrons. The lowest BCUT2D eigenvalue weighted by Crippen LogP contribution is -2.03. The highest BCUT2D eigenvalue weighted by atomic mass is 16.3. The second-order valence-corrected chi connectivity index (χ2v) is 4.72. The minimum absolute atomic E-state index is 0.0166. The number of hydrogen-bond acceptors (Lipinski definition) is 2. The Bertz CT molecular complexity index is 761. The molecule has 0 atom stereocenters. The van der Waals surface area contributed by atoms with E-state index in [4.69, 9.17) is 0 Å². The van der Waals surface area contributed by atoms with Crippen LogP contribution in [0.1, 0.15) is 21.5 Å². The van der Waals surface area contributed by atoms with Gasteiger partial charge in [-0.1, -0.05) is 54.6 Å². The van der Waals surface area contributed by atoms with Gasteiger partial charge in [0.25, 0.3) is 0 Å². The number of hydrogen-bond donors (Lipinski definition) is 1. The van der Waals surface area contributed by atoms with E-state index < -0.39 is 0 Å². The summed E-state index contributed by atoms with van der Waals surface area (Å²) in [6.45, 7) is -0.0695. The van der Waals surface area contributed by atoms with E-state index in [1.807, 2.05) is 60.7 Å². The van der Waals surface area contributed by atoms with Gasteiger partial charge in [0.2, 0.25) is 0 Å². The van der Waals surface area contributed by atoms with Crippen molar-refractivity contribution in [3.8, 4) is 0 Å². The molecule has 0 radical (unpaired) electrons. The van der Waals surface area contributed by atoms with Crippen molar-refractivity contribution in [1.29, 1.82) is 0 Å². The van der Waals surface area contributed by atoms with Gasteiger partial charge in [0.1, 0.15) is 0 Å². The lowest BCUT2D eigenvalue weighted by molar-refractivity contribution is 0.104. The van der Waals surface area contributed by atoms with E-state index in [1.165, 1.54) is 0 Å². The third-order valence-corrected chi connectivity index (χ3v) is 3.38. The number of benzene rings is 3. The Morgan fingerprint density at radius 1 is 0.900 bits per heavy atom. The van der Waals surface area contributed by atoms with E-state index in [9.17, 15) is 9.90 Å². The van der Waals surface area contributed by atoms with Gasteiger partial charge in [0.15, 0.2) is 5.78 Å². The van der Waals surface area contributed by atoms with E-state index in [0.717, 1.165) is 16.3 Å². The quantitative estimate of drug-likeness (QED) is 0.733. The fraction of sp³-hybridized carbons (Fsp3) is 0.0556. The monoisotopic (exact) mass is 262 g/mol. The number of carbonyl (C=O) groups excluding carboxylic acids is 1. The Balaban J connectivity index is 2.22. The van der Waals surface area contributed by atoms with Gasteiger partial charge in [-0.3, -0.25) is 4.79 Å². The Hall–Kier alpha value is -2.45. The number of carbonyl (C=O) groups is 1. The summed E-state index contributed by atoms with van der Waals surface area (Å²) in [5.74, 6) is -0.0166. The van der Waals surface area contributed by atoms with Crippen molar-refractivity contribution >= 4 is 16.6 Å². The van der Waals surface area contributed by atoms with Gasteiger partial charge in [-0.15, -0.1) is 0 Å². The molecule has 20 heavy (non-hydrogen) atoms. The summed E-state index contributed by atoms with van der Waals surface area (Å²) in [4.78, 5) is 12.6. The minimum atomic E-state index is -0.0695. The molecule has 0 bridgehead atoms. The fourth-order valence-corrected chi connectivity index (χ4v) is 2.40. The van der Waals surface area contributed by atoms with Gasteiger partial charge in [0, 0.05) is 11.1 Å². The first kappa shape index (κ1) is 12.6. The molecule has 0 aliphatic carbocycles. The van der Waals surface area contributed by atoms with Gasteiger partial charge in [-0.2, -0.15) is 0 Å². The third-order valence-electron chi connectivity index (χ3n) is 3.38. The fourth-order valence-electron chi connectivity index (χ4n) is 2.40. The molecule has 3 aromatic rings. The van der Waals surface area contributed by atoms with Crippen molar-refractivity contribution in [3.63, 3.8) is 0 Å². The molecular formula is C18H14O2. The summed E-state index contributed by atoms with van der Waals surface area (Å²) in [5.41, 5.74) is 2.05. The van der Waals surface area contributed by atoms with Crippen molar-refractivity contribution in [2.24, 2.45) is 0 Å².